The van der Waals surface area contributed by atoms with E-state index in [-0.39, 0.29) is 5.82 Å². The summed E-state index contributed by atoms with van der Waals surface area (Å²) in [5.41, 5.74) is 1.66. The molecule has 0 aliphatic rings. The summed E-state index contributed by atoms with van der Waals surface area (Å²) < 4.78 is 13.2. The van der Waals surface area contributed by atoms with Crippen LogP contribution < -0.4 is 5.32 Å². The Labute approximate surface area is 84.7 Å². The molecule has 14 heavy (non-hydrogen) atoms. The van der Waals surface area contributed by atoms with E-state index in [1.54, 1.807) is 6.07 Å². The standard InChI is InChI=1S/C11H17FN2/c1-9-4-5-10(12)11(8-9)13-6-7-14(2)3/h4-5,8,13H,6-7H2,1-3H3. The maximum absolute atomic E-state index is 13.2. The second-order valence-electron chi connectivity index (χ2n) is 3.71. The second-order valence-corrected chi connectivity index (χ2v) is 3.71. The summed E-state index contributed by atoms with van der Waals surface area (Å²) in [4.78, 5) is 2.06. The highest BCUT2D eigenvalue weighted by molar-refractivity contribution is 5.46. The van der Waals surface area contributed by atoms with E-state index >= 15 is 0 Å². The monoisotopic (exact) mass is 196 g/mol. The van der Waals surface area contributed by atoms with Gasteiger partial charge in [-0.15, -0.1) is 0 Å². The Kier molecular flexibility index (Phi) is 3.89. The third-order valence-electron chi connectivity index (χ3n) is 2.00. The average molecular weight is 196 g/mol. The van der Waals surface area contributed by atoms with Crippen LogP contribution in [0.4, 0.5) is 10.1 Å². The normalized spacial score (nSPS) is 10.6. The first-order valence-electron chi connectivity index (χ1n) is 4.74. The van der Waals surface area contributed by atoms with Gasteiger partial charge in [-0.05, 0) is 38.7 Å². The number of benzene rings is 1. The maximum atomic E-state index is 13.2. The van der Waals surface area contributed by atoms with Gasteiger partial charge in [0.2, 0.25) is 0 Å². The van der Waals surface area contributed by atoms with Crippen LogP contribution in [0.1, 0.15) is 5.56 Å². The first-order chi connectivity index (χ1) is 6.59. The highest BCUT2D eigenvalue weighted by Gasteiger charge is 2.00. The Morgan fingerprint density at radius 3 is 2.71 bits per heavy atom. The first kappa shape index (κ1) is 11.0. The van der Waals surface area contributed by atoms with Crippen molar-refractivity contribution in [1.29, 1.82) is 0 Å². The predicted molar refractivity (Wildman–Crippen MR) is 58.2 cm³/mol. The fourth-order valence-electron chi connectivity index (χ4n) is 1.19. The van der Waals surface area contributed by atoms with E-state index in [1.807, 2.05) is 27.1 Å². The number of likely N-dealkylation sites (N-methyl/N-ethyl adjacent to an activating group) is 1. The van der Waals surface area contributed by atoms with E-state index in [9.17, 15) is 4.39 Å². The zero-order valence-corrected chi connectivity index (χ0v) is 8.97. The number of nitrogens with zero attached hydrogens (tertiary/aromatic N) is 1. The van der Waals surface area contributed by atoms with Crippen LogP contribution in [0.3, 0.4) is 0 Å². The number of hydrogen-bond donors (Lipinski definition) is 1. The lowest BCUT2D eigenvalue weighted by Crippen LogP contribution is -2.21. The van der Waals surface area contributed by atoms with Gasteiger partial charge < -0.3 is 10.2 Å². The lowest BCUT2D eigenvalue weighted by molar-refractivity contribution is 0.425. The molecule has 0 amide bonds. The van der Waals surface area contributed by atoms with Crippen LogP contribution in [-0.4, -0.2) is 32.1 Å². The average Bonchev–Trinajstić information content (AvgIpc) is 2.10. The number of hydrogen-bond acceptors (Lipinski definition) is 2. The first-order valence-corrected chi connectivity index (χ1v) is 4.74. The van der Waals surface area contributed by atoms with Gasteiger partial charge in [0.25, 0.3) is 0 Å². The van der Waals surface area contributed by atoms with Crippen molar-refractivity contribution < 1.29 is 4.39 Å². The third-order valence-corrected chi connectivity index (χ3v) is 2.00. The Bertz CT molecular complexity index is 297. The van der Waals surface area contributed by atoms with Crippen molar-refractivity contribution in [3.63, 3.8) is 0 Å². The summed E-state index contributed by atoms with van der Waals surface area (Å²) in [5, 5.41) is 3.07. The lowest BCUT2D eigenvalue weighted by atomic mass is 10.2. The van der Waals surface area contributed by atoms with Gasteiger partial charge in [-0.3, -0.25) is 0 Å². The van der Waals surface area contributed by atoms with Gasteiger partial charge in [0, 0.05) is 13.1 Å². The summed E-state index contributed by atoms with van der Waals surface area (Å²) in [5.74, 6) is -0.186. The Morgan fingerprint density at radius 2 is 2.07 bits per heavy atom. The highest BCUT2D eigenvalue weighted by atomic mass is 19.1. The Balaban J connectivity index is 2.53. The minimum Gasteiger partial charge on any atom is -0.381 e. The van der Waals surface area contributed by atoms with Crippen molar-refractivity contribution in [3.05, 3.63) is 29.6 Å². The molecule has 0 aliphatic carbocycles. The van der Waals surface area contributed by atoms with E-state index in [1.165, 1.54) is 6.07 Å². The molecular formula is C11H17FN2. The molecule has 0 spiro atoms. The number of halogens is 1. The molecule has 0 radical (unpaired) electrons. The van der Waals surface area contributed by atoms with Crippen LogP contribution in [0, 0.1) is 12.7 Å². The molecule has 1 aromatic carbocycles. The molecule has 0 fully saturated rings. The van der Waals surface area contributed by atoms with Crippen molar-refractivity contribution in [2.45, 2.75) is 6.92 Å². The summed E-state index contributed by atoms with van der Waals surface area (Å²) in [6.07, 6.45) is 0. The quantitative estimate of drug-likeness (QED) is 0.793. The maximum Gasteiger partial charge on any atom is 0.146 e. The summed E-state index contributed by atoms with van der Waals surface area (Å²) in [7, 11) is 3.99. The molecule has 0 bridgehead atoms. The third kappa shape index (κ3) is 3.34. The molecule has 2 nitrogen and oxygen atoms in total. The minimum atomic E-state index is -0.186. The number of nitrogens with one attached hydrogen (secondary N) is 1. The minimum absolute atomic E-state index is 0.186. The Morgan fingerprint density at radius 1 is 1.36 bits per heavy atom. The van der Waals surface area contributed by atoms with E-state index < -0.39 is 0 Å². The molecule has 0 atom stereocenters. The predicted octanol–water partition coefficient (Wildman–Crippen LogP) is 2.11. The van der Waals surface area contributed by atoms with Crippen molar-refractivity contribution in [3.8, 4) is 0 Å². The fourth-order valence-corrected chi connectivity index (χ4v) is 1.19. The van der Waals surface area contributed by atoms with Crippen molar-refractivity contribution >= 4 is 5.69 Å². The van der Waals surface area contributed by atoms with Gasteiger partial charge in [-0.25, -0.2) is 4.39 Å². The summed E-state index contributed by atoms with van der Waals surface area (Å²) in [6.45, 7) is 3.61. The molecule has 0 heterocycles. The largest absolute Gasteiger partial charge is 0.381 e. The van der Waals surface area contributed by atoms with Gasteiger partial charge >= 0.3 is 0 Å². The molecule has 0 aliphatic heterocycles. The van der Waals surface area contributed by atoms with E-state index in [2.05, 4.69) is 10.2 Å². The van der Waals surface area contributed by atoms with Crippen molar-refractivity contribution in [2.24, 2.45) is 0 Å². The zero-order valence-electron chi connectivity index (χ0n) is 8.97. The second kappa shape index (κ2) is 4.96. The molecule has 3 heteroatoms. The summed E-state index contributed by atoms with van der Waals surface area (Å²) in [6, 6.07) is 5.09. The smallest absolute Gasteiger partial charge is 0.146 e. The molecule has 0 unspecified atom stereocenters. The van der Waals surface area contributed by atoms with Crippen molar-refractivity contribution in [1.82, 2.24) is 4.90 Å². The van der Waals surface area contributed by atoms with Crippen LogP contribution in [0.2, 0.25) is 0 Å². The van der Waals surface area contributed by atoms with E-state index in [0.717, 1.165) is 18.7 Å². The van der Waals surface area contributed by atoms with Crippen LogP contribution in [0.15, 0.2) is 18.2 Å². The summed E-state index contributed by atoms with van der Waals surface area (Å²) >= 11 is 0. The van der Waals surface area contributed by atoms with Gasteiger partial charge in [0.05, 0.1) is 5.69 Å². The Hall–Kier alpha value is -1.09. The van der Waals surface area contributed by atoms with Crippen LogP contribution >= 0.6 is 0 Å². The molecule has 1 rings (SSSR count). The van der Waals surface area contributed by atoms with Gasteiger partial charge in [-0.1, -0.05) is 6.07 Å². The van der Waals surface area contributed by atoms with Crippen LogP contribution in [0.25, 0.3) is 0 Å². The highest BCUT2D eigenvalue weighted by Crippen LogP contribution is 2.14. The van der Waals surface area contributed by atoms with Crippen LogP contribution in [0.5, 0.6) is 0 Å². The van der Waals surface area contributed by atoms with Gasteiger partial charge in [0.15, 0.2) is 0 Å². The fraction of sp³-hybridized carbons (Fsp3) is 0.455. The van der Waals surface area contributed by atoms with Gasteiger partial charge in [0.1, 0.15) is 5.82 Å². The van der Waals surface area contributed by atoms with Gasteiger partial charge in [-0.2, -0.15) is 0 Å². The number of aryl methyl sites for hydroxylation is 1. The molecular weight excluding hydrogens is 179 g/mol. The number of anilines is 1. The molecule has 0 aromatic heterocycles. The van der Waals surface area contributed by atoms with E-state index in [4.69, 9.17) is 0 Å². The SMILES string of the molecule is Cc1ccc(F)c(NCCN(C)C)c1. The van der Waals surface area contributed by atoms with Crippen LogP contribution in [-0.2, 0) is 0 Å². The molecule has 0 saturated heterocycles. The molecule has 1 N–H and O–H groups in total. The zero-order chi connectivity index (χ0) is 10.6. The topological polar surface area (TPSA) is 15.3 Å². The number of rotatable bonds is 4. The molecule has 0 saturated carbocycles. The lowest BCUT2D eigenvalue weighted by Gasteiger charge is -2.12. The molecule has 1 aromatic rings. The van der Waals surface area contributed by atoms with E-state index in [0.29, 0.717) is 5.69 Å². The van der Waals surface area contributed by atoms with Crippen molar-refractivity contribution in [2.75, 3.05) is 32.5 Å². The molecule has 78 valence electrons.